The Bertz CT molecular complexity index is 368. The van der Waals surface area contributed by atoms with E-state index in [2.05, 4.69) is 10.5 Å². The summed E-state index contributed by atoms with van der Waals surface area (Å²) in [5, 5.41) is 0. The van der Waals surface area contributed by atoms with Crippen LogP contribution in [-0.4, -0.2) is 28.1 Å². The van der Waals surface area contributed by atoms with Crippen molar-refractivity contribution in [3.05, 3.63) is 12.2 Å². The van der Waals surface area contributed by atoms with Gasteiger partial charge in [0.15, 0.2) is 0 Å². The van der Waals surface area contributed by atoms with E-state index in [1.807, 2.05) is 0 Å². The predicted octanol–water partition coefficient (Wildman–Crippen LogP) is 3.98. The molecule has 0 spiro atoms. The van der Waals surface area contributed by atoms with Gasteiger partial charge in [0.1, 0.15) is 0 Å². The first-order valence-corrected chi connectivity index (χ1v) is 9.96. The number of esters is 1. The predicted molar refractivity (Wildman–Crippen MR) is 88.3 cm³/mol. The van der Waals surface area contributed by atoms with Crippen molar-refractivity contribution in [3.8, 4) is 0 Å². The zero-order chi connectivity index (χ0) is 16.8. The molecule has 8 heteroatoms. The van der Waals surface area contributed by atoms with Gasteiger partial charge in [0.2, 0.25) is 0 Å². The zero-order valence-electron chi connectivity index (χ0n) is 13.2. The summed E-state index contributed by atoms with van der Waals surface area (Å²) in [5.41, 5.74) is 0.435. The van der Waals surface area contributed by atoms with E-state index in [0.29, 0.717) is 17.9 Å². The van der Waals surface area contributed by atoms with E-state index in [1.165, 1.54) is 0 Å². The Kier molecular flexibility index (Phi) is 12.9. The fraction of sp³-hybridized carbons (Fsp3) is 0.786. The third-order valence-corrected chi connectivity index (χ3v) is 4.51. The van der Waals surface area contributed by atoms with Crippen molar-refractivity contribution in [3.63, 3.8) is 0 Å². The molecule has 6 nitrogen and oxygen atoms in total. The smallest absolute Gasteiger partial charge is 0.462 e. The molecule has 0 atom stereocenters. The highest BCUT2D eigenvalue weighted by Crippen LogP contribution is 2.41. The molecule has 130 valence electrons. The molecule has 0 unspecified atom stereocenters. The van der Waals surface area contributed by atoms with Crippen LogP contribution in [0.25, 0.3) is 0 Å². The van der Waals surface area contributed by atoms with Gasteiger partial charge in [0.05, 0.1) is 6.61 Å². The van der Waals surface area contributed by atoms with E-state index in [-0.39, 0.29) is 5.97 Å². The van der Waals surface area contributed by atoms with Crippen LogP contribution in [0.15, 0.2) is 12.2 Å². The Morgan fingerprint density at radius 1 is 1.05 bits per heavy atom. The Morgan fingerprint density at radius 3 is 2.05 bits per heavy atom. The molecular weight excluding hydrogens is 327 g/mol. The van der Waals surface area contributed by atoms with Crippen LogP contribution >= 0.6 is 19.9 Å². The van der Waals surface area contributed by atoms with Crippen LogP contribution in [0, 0.1) is 0 Å². The summed E-state index contributed by atoms with van der Waals surface area (Å²) in [5.74, 6) is 0.278. The van der Waals surface area contributed by atoms with E-state index in [0.717, 1.165) is 63.4 Å². The number of hydrogen-bond acceptors (Lipinski definition) is 5. The largest absolute Gasteiger partial charge is 0.480 e. The van der Waals surface area contributed by atoms with Gasteiger partial charge in [-0.15, -0.1) is 0 Å². The van der Waals surface area contributed by atoms with E-state index < -0.39 is 7.82 Å². The van der Waals surface area contributed by atoms with Crippen molar-refractivity contribution >= 4 is 25.8 Å². The van der Waals surface area contributed by atoms with E-state index in [9.17, 15) is 9.36 Å². The quantitative estimate of drug-likeness (QED) is 0.160. The third-order valence-electron chi connectivity index (χ3n) is 2.85. The minimum absolute atomic E-state index is 0.319. The number of unbranched alkanes of at least 4 members (excludes halogenated alkanes) is 7. The lowest BCUT2D eigenvalue weighted by molar-refractivity contribution is -0.139. The summed E-state index contributed by atoms with van der Waals surface area (Å²) in [6, 6.07) is 0. The fourth-order valence-electron chi connectivity index (χ4n) is 1.72. The van der Waals surface area contributed by atoms with Gasteiger partial charge in [-0.2, -0.15) is 0 Å². The number of ether oxygens (including phenoxy) is 1. The molecule has 0 bridgehead atoms. The van der Waals surface area contributed by atoms with Gasteiger partial charge in [-0.25, -0.2) is 13.3 Å². The Labute approximate surface area is 137 Å². The minimum Gasteiger partial charge on any atom is -0.462 e. The van der Waals surface area contributed by atoms with Gasteiger partial charge in [0, 0.05) is 23.4 Å². The molecule has 0 aromatic heterocycles. The lowest BCUT2D eigenvalue weighted by atomic mass is 10.1. The van der Waals surface area contributed by atoms with Crippen LogP contribution in [-0.2, 0) is 18.1 Å². The third kappa shape index (κ3) is 16.0. The zero-order valence-corrected chi connectivity index (χ0v) is 14.9. The lowest BCUT2D eigenvalue weighted by Gasteiger charge is -2.05. The lowest BCUT2D eigenvalue weighted by Crippen LogP contribution is -2.05. The molecule has 0 aliphatic carbocycles. The molecule has 0 aliphatic rings. The second-order valence-electron chi connectivity index (χ2n) is 5.13. The molecule has 22 heavy (non-hydrogen) atoms. The number of rotatable bonds is 14. The minimum atomic E-state index is -4.33. The number of hydrogen-bond donors (Lipinski definition) is 2. The van der Waals surface area contributed by atoms with Crippen LogP contribution in [0.3, 0.4) is 0 Å². The maximum atomic E-state index is 11.1. The van der Waals surface area contributed by atoms with Gasteiger partial charge in [-0.1, -0.05) is 45.1 Å². The van der Waals surface area contributed by atoms with Crippen LogP contribution in [0.4, 0.5) is 0 Å². The summed E-state index contributed by atoms with van der Waals surface area (Å²) in [4.78, 5) is 28.0. The molecule has 0 heterocycles. The molecule has 0 aromatic rings. The molecule has 0 aromatic carbocycles. The average molecular weight is 354 g/mol. The molecule has 0 amide bonds. The van der Waals surface area contributed by atoms with Crippen molar-refractivity contribution in [1.82, 2.24) is 0 Å². The molecule has 0 rings (SSSR count). The van der Waals surface area contributed by atoms with Crippen molar-refractivity contribution in [2.45, 2.75) is 58.3 Å². The Morgan fingerprint density at radius 2 is 1.55 bits per heavy atom. The SMILES string of the molecule is C=C(C)C(=O)OCCCCCCCCCCSOP(=O)(O)O. The summed E-state index contributed by atoms with van der Waals surface area (Å²) in [6.45, 7) is 5.62. The fourth-order valence-corrected chi connectivity index (χ4v) is 2.89. The highest BCUT2D eigenvalue weighted by Gasteiger charge is 2.13. The van der Waals surface area contributed by atoms with Gasteiger partial charge in [-0.3, -0.25) is 0 Å². The first-order chi connectivity index (χ1) is 10.3. The van der Waals surface area contributed by atoms with Gasteiger partial charge < -0.3 is 14.5 Å². The monoisotopic (exact) mass is 354 g/mol. The van der Waals surface area contributed by atoms with E-state index >= 15 is 0 Å². The first kappa shape index (κ1) is 21.7. The van der Waals surface area contributed by atoms with Gasteiger partial charge in [-0.05, 0) is 19.8 Å². The van der Waals surface area contributed by atoms with Crippen LogP contribution in [0.2, 0.25) is 0 Å². The molecule has 0 fully saturated rings. The maximum absolute atomic E-state index is 11.1. The topological polar surface area (TPSA) is 93.1 Å². The number of carbonyl (C=O) groups excluding carboxylic acids is 1. The van der Waals surface area contributed by atoms with Crippen molar-refractivity contribution in [2.24, 2.45) is 0 Å². The van der Waals surface area contributed by atoms with Crippen molar-refractivity contribution in [2.75, 3.05) is 12.4 Å². The number of phosphoric acid groups is 1. The molecule has 0 saturated heterocycles. The van der Waals surface area contributed by atoms with Crippen LogP contribution < -0.4 is 0 Å². The number of carbonyl (C=O) groups is 1. The van der Waals surface area contributed by atoms with Crippen molar-refractivity contribution in [1.29, 1.82) is 0 Å². The summed E-state index contributed by atoms with van der Waals surface area (Å²) < 4.78 is 19.7. The normalized spacial score (nSPS) is 11.4. The molecule has 2 N–H and O–H groups in total. The summed E-state index contributed by atoms with van der Waals surface area (Å²) in [6.07, 6.45) is 8.40. The van der Waals surface area contributed by atoms with E-state index in [4.69, 9.17) is 14.5 Å². The summed E-state index contributed by atoms with van der Waals surface area (Å²) >= 11 is 0.831. The standard InChI is InChI=1S/C14H27O6PS/c1-13(2)14(15)19-11-9-7-5-3-4-6-8-10-12-22-20-21(16,17)18/h1,3-12H2,2H3,(H2,16,17,18). The highest BCUT2D eigenvalue weighted by molar-refractivity contribution is 7.97. The molecule has 0 aliphatic heterocycles. The summed E-state index contributed by atoms with van der Waals surface area (Å²) in [7, 11) is -4.33. The second kappa shape index (κ2) is 13.1. The Hall–Kier alpha value is -0.330. The second-order valence-corrected chi connectivity index (χ2v) is 7.35. The molecule has 0 radical (unpaired) electrons. The first-order valence-electron chi connectivity index (χ1n) is 7.52. The van der Waals surface area contributed by atoms with Crippen LogP contribution in [0.1, 0.15) is 58.3 Å². The van der Waals surface area contributed by atoms with Crippen molar-refractivity contribution < 1.29 is 27.9 Å². The van der Waals surface area contributed by atoms with E-state index in [1.54, 1.807) is 6.92 Å². The Balaban J connectivity index is 3.16. The highest BCUT2D eigenvalue weighted by atomic mass is 32.2. The van der Waals surface area contributed by atoms with Gasteiger partial charge in [0.25, 0.3) is 0 Å². The van der Waals surface area contributed by atoms with Crippen LogP contribution in [0.5, 0.6) is 0 Å². The van der Waals surface area contributed by atoms with Gasteiger partial charge >= 0.3 is 13.8 Å². The molecular formula is C14H27O6PS. The maximum Gasteiger partial charge on any atom is 0.480 e. The average Bonchev–Trinajstić information content (AvgIpc) is 2.42. The molecule has 0 saturated carbocycles.